The third-order valence-corrected chi connectivity index (χ3v) is 4.14. The number of nitro groups is 1. The Morgan fingerprint density at radius 3 is 2.63 bits per heavy atom. The van der Waals surface area contributed by atoms with Gasteiger partial charge in [-0.1, -0.05) is 30.4 Å². The number of aromatic nitrogens is 2. The average Bonchev–Trinajstić information content (AvgIpc) is 2.62. The highest BCUT2D eigenvalue weighted by Gasteiger charge is 2.32. The molecule has 0 spiro atoms. The Morgan fingerprint density at radius 1 is 1.26 bits per heavy atom. The van der Waals surface area contributed by atoms with Gasteiger partial charge in [0, 0.05) is 18.7 Å². The summed E-state index contributed by atoms with van der Waals surface area (Å²) in [4.78, 5) is 21.4. The second kappa shape index (κ2) is 8.13. The summed E-state index contributed by atoms with van der Waals surface area (Å²) >= 11 is 0. The van der Waals surface area contributed by atoms with Gasteiger partial charge in [-0.3, -0.25) is 10.1 Å². The highest BCUT2D eigenvalue weighted by Crippen LogP contribution is 2.38. The molecule has 0 radical (unpaired) electrons. The van der Waals surface area contributed by atoms with Crippen molar-refractivity contribution in [3.63, 3.8) is 0 Å². The van der Waals surface area contributed by atoms with Crippen LogP contribution in [0.5, 0.6) is 11.6 Å². The number of hydrogen-bond acceptors (Lipinski definition) is 7. The van der Waals surface area contributed by atoms with Gasteiger partial charge >= 0.3 is 11.6 Å². The Hall–Kier alpha value is -3.00. The lowest BCUT2D eigenvalue weighted by Crippen LogP contribution is -2.46. The molecule has 2 atom stereocenters. The van der Waals surface area contributed by atoms with Crippen LogP contribution in [0.3, 0.4) is 0 Å². The average molecular weight is 370 g/mol. The number of nitrogens with zero attached hydrogens (tertiary/aromatic N) is 4. The number of para-hydroxylation sites is 1. The summed E-state index contributed by atoms with van der Waals surface area (Å²) in [6.07, 6.45) is 4.93. The van der Waals surface area contributed by atoms with Gasteiger partial charge in [0.2, 0.25) is 5.82 Å². The summed E-state index contributed by atoms with van der Waals surface area (Å²) < 4.78 is 11.6. The van der Waals surface area contributed by atoms with Gasteiger partial charge in [0.15, 0.2) is 0 Å². The monoisotopic (exact) mass is 370 g/mol. The Balaban J connectivity index is 2.01. The standard InChI is InChI=1S/C19H22N4O4/c1-4-7-15-8-5-6-9-16(15)27-19-17(23(24)25)18(20-12-21-19)22-10-13(2)26-14(3)11-22/h4-9,12-14H,10-11H2,1-3H3. The van der Waals surface area contributed by atoms with Crippen LogP contribution in [0, 0.1) is 10.1 Å². The molecule has 0 amide bonds. The van der Waals surface area contributed by atoms with Gasteiger partial charge in [-0.25, -0.2) is 4.98 Å². The predicted octanol–water partition coefficient (Wildman–Crippen LogP) is 3.82. The molecule has 2 aromatic rings. The molecule has 2 unspecified atom stereocenters. The van der Waals surface area contributed by atoms with Crippen molar-refractivity contribution in [1.29, 1.82) is 0 Å². The molecule has 27 heavy (non-hydrogen) atoms. The summed E-state index contributed by atoms with van der Waals surface area (Å²) in [5.41, 5.74) is 0.567. The van der Waals surface area contributed by atoms with E-state index in [0.29, 0.717) is 18.8 Å². The van der Waals surface area contributed by atoms with E-state index in [4.69, 9.17) is 9.47 Å². The van der Waals surface area contributed by atoms with Gasteiger partial charge in [0.05, 0.1) is 17.1 Å². The third-order valence-electron chi connectivity index (χ3n) is 4.14. The van der Waals surface area contributed by atoms with Crippen LogP contribution in [0.15, 0.2) is 36.7 Å². The van der Waals surface area contributed by atoms with E-state index in [1.54, 1.807) is 6.07 Å². The molecule has 0 bridgehead atoms. The molecular formula is C19H22N4O4. The first-order chi connectivity index (χ1) is 13.0. The molecular weight excluding hydrogens is 348 g/mol. The summed E-state index contributed by atoms with van der Waals surface area (Å²) in [5.74, 6) is 0.663. The number of morpholine rings is 1. The zero-order valence-electron chi connectivity index (χ0n) is 15.5. The van der Waals surface area contributed by atoms with Crippen LogP contribution >= 0.6 is 0 Å². The maximum Gasteiger partial charge on any atom is 0.373 e. The minimum atomic E-state index is -0.492. The van der Waals surface area contributed by atoms with E-state index < -0.39 is 4.92 Å². The summed E-state index contributed by atoms with van der Waals surface area (Å²) in [5, 5.41) is 11.8. The maximum absolute atomic E-state index is 11.8. The summed E-state index contributed by atoms with van der Waals surface area (Å²) in [6, 6.07) is 7.30. The highest BCUT2D eigenvalue weighted by atomic mass is 16.6. The molecule has 142 valence electrons. The van der Waals surface area contributed by atoms with E-state index in [1.807, 2.05) is 56.0 Å². The number of hydrogen-bond donors (Lipinski definition) is 0. The maximum atomic E-state index is 11.8. The first kappa shape index (κ1) is 18.8. The third kappa shape index (κ3) is 4.22. The molecule has 1 aromatic heterocycles. The molecule has 1 aliphatic rings. The molecule has 0 saturated carbocycles. The molecule has 1 aliphatic heterocycles. The van der Waals surface area contributed by atoms with Crippen molar-refractivity contribution in [3.05, 3.63) is 52.3 Å². The molecule has 2 heterocycles. The Morgan fingerprint density at radius 2 is 1.96 bits per heavy atom. The largest absolute Gasteiger partial charge is 0.433 e. The number of ether oxygens (including phenoxy) is 2. The first-order valence-corrected chi connectivity index (χ1v) is 8.79. The fraction of sp³-hybridized carbons (Fsp3) is 0.368. The van der Waals surface area contributed by atoms with Crippen LogP contribution in [0.1, 0.15) is 26.3 Å². The van der Waals surface area contributed by atoms with Crippen molar-refractivity contribution >= 4 is 17.6 Å². The van der Waals surface area contributed by atoms with Gasteiger partial charge in [0.25, 0.3) is 0 Å². The minimum absolute atomic E-state index is 0.0527. The van der Waals surface area contributed by atoms with Gasteiger partial charge in [0.1, 0.15) is 12.1 Å². The van der Waals surface area contributed by atoms with E-state index in [0.717, 1.165) is 5.56 Å². The lowest BCUT2D eigenvalue weighted by Gasteiger charge is -2.35. The van der Waals surface area contributed by atoms with Crippen molar-refractivity contribution in [2.24, 2.45) is 0 Å². The zero-order chi connectivity index (χ0) is 19.4. The first-order valence-electron chi connectivity index (χ1n) is 8.79. The molecule has 1 aromatic carbocycles. The molecule has 3 rings (SSSR count). The number of benzene rings is 1. The minimum Gasteiger partial charge on any atom is -0.433 e. The van der Waals surface area contributed by atoms with E-state index in [9.17, 15) is 10.1 Å². The Kier molecular flexibility index (Phi) is 5.66. The van der Waals surface area contributed by atoms with Crippen molar-refractivity contribution in [2.45, 2.75) is 33.0 Å². The smallest absolute Gasteiger partial charge is 0.373 e. The Labute approximate surface area is 157 Å². The summed E-state index contributed by atoms with van der Waals surface area (Å²) in [7, 11) is 0. The van der Waals surface area contributed by atoms with E-state index in [2.05, 4.69) is 9.97 Å². The number of anilines is 1. The van der Waals surface area contributed by atoms with E-state index in [-0.39, 0.29) is 29.6 Å². The van der Waals surface area contributed by atoms with Crippen LogP contribution < -0.4 is 9.64 Å². The van der Waals surface area contributed by atoms with Crippen molar-refractivity contribution in [1.82, 2.24) is 9.97 Å². The quantitative estimate of drug-likeness (QED) is 0.583. The van der Waals surface area contributed by atoms with Gasteiger partial charge in [-0.15, -0.1) is 0 Å². The Bertz CT molecular complexity index is 845. The fourth-order valence-electron chi connectivity index (χ4n) is 3.17. The van der Waals surface area contributed by atoms with Crippen molar-refractivity contribution in [2.75, 3.05) is 18.0 Å². The second-order valence-corrected chi connectivity index (χ2v) is 6.41. The van der Waals surface area contributed by atoms with Gasteiger partial charge < -0.3 is 14.4 Å². The summed E-state index contributed by atoms with van der Waals surface area (Å²) in [6.45, 7) is 6.78. The fourth-order valence-corrected chi connectivity index (χ4v) is 3.17. The molecule has 0 N–H and O–H groups in total. The number of allylic oxidation sites excluding steroid dienone is 1. The second-order valence-electron chi connectivity index (χ2n) is 6.41. The van der Waals surface area contributed by atoms with Crippen LogP contribution in [-0.4, -0.2) is 40.2 Å². The highest BCUT2D eigenvalue weighted by molar-refractivity contribution is 5.65. The number of rotatable bonds is 5. The van der Waals surface area contributed by atoms with Crippen molar-refractivity contribution < 1.29 is 14.4 Å². The van der Waals surface area contributed by atoms with Crippen LogP contribution in [-0.2, 0) is 4.74 Å². The van der Waals surface area contributed by atoms with Crippen LogP contribution in [0.2, 0.25) is 0 Å². The van der Waals surface area contributed by atoms with Crippen molar-refractivity contribution in [3.8, 4) is 11.6 Å². The van der Waals surface area contributed by atoms with Gasteiger partial charge in [-0.05, 0) is 26.8 Å². The van der Waals surface area contributed by atoms with Crippen LogP contribution in [0.4, 0.5) is 11.5 Å². The molecule has 8 heteroatoms. The van der Waals surface area contributed by atoms with E-state index in [1.165, 1.54) is 6.33 Å². The molecule has 1 saturated heterocycles. The predicted molar refractivity (Wildman–Crippen MR) is 102 cm³/mol. The molecule has 0 aliphatic carbocycles. The topological polar surface area (TPSA) is 90.6 Å². The lowest BCUT2D eigenvalue weighted by atomic mass is 10.2. The van der Waals surface area contributed by atoms with E-state index >= 15 is 0 Å². The lowest BCUT2D eigenvalue weighted by molar-refractivity contribution is -0.385. The zero-order valence-corrected chi connectivity index (χ0v) is 15.5. The molecule has 8 nitrogen and oxygen atoms in total. The SMILES string of the molecule is CC=Cc1ccccc1Oc1ncnc(N2CC(C)OC(C)C2)c1[N+](=O)[O-]. The molecule has 1 fully saturated rings. The normalized spacial score (nSPS) is 20.0. The van der Waals surface area contributed by atoms with Crippen LogP contribution in [0.25, 0.3) is 6.08 Å². The van der Waals surface area contributed by atoms with Gasteiger partial charge in [-0.2, -0.15) is 4.98 Å².